The van der Waals surface area contributed by atoms with Crippen molar-refractivity contribution in [3.63, 3.8) is 0 Å². The zero-order chi connectivity index (χ0) is 14.4. The van der Waals surface area contributed by atoms with Crippen LogP contribution >= 0.6 is 11.8 Å². The van der Waals surface area contributed by atoms with E-state index in [0.717, 1.165) is 22.9 Å². The SMILES string of the molecule is CCSCc1ccc(NC(=O)Cc2cnnn2C)cc1. The first-order valence-corrected chi connectivity index (χ1v) is 7.64. The molecule has 0 saturated heterocycles. The summed E-state index contributed by atoms with van der Waals surface area (Å²) in [6, 6.07) is 7.96. The van der Waals surface area contributed by atoms with Crippen molar-refractivity contribution in [1.29, 1.82) is 0 Å². The average molecular weight is 290 g/mol. The van der Waals surface area contributed by atoms with Crippen LogP contribution in [0.25, 0.3) is 0 Å². The molecular weight excluding hydrogens is 272 g/mol. The minimum absolute atomic E-state index is 0.0638. The molecule has 106 valence electrons. The fraction of sp³-hybridized carbons (Fsp3) is 0.357. The molecule has 0 saturated carbocycles. The van der Waals surface area contributed by atoms with Crippen LogP contribution in [0.1, 0.15) is 18.2 Å². The number of anilines is 1. The van der Waals surface area contributed by atoms with Crippen LogP contribution in [-0.2, 0) is 24.0 Å². The Morgan fingerprint density at radius 1 is 1.35 bits per heavy atom. The lowest BCUT2D eigenvalue weighted by Crippen LogP contribution is -2.16. The van der Waals surface area contributed by atoms with Gasteiger partial charge in [-0.05, 0) is 23.4 Å². The molecule has 0 bridgehead atoms. The molecule has 5 nitrogen and oxygen atoms in total. The van der Waals surface area contributed by atoms with Crippen LogP contribution in [0, 0.1) is 0 Å². The van der Waals surface area contributed by atoms with Crippen LogP contribution in [0.5, 0.6) is 0 Å². The molecule has 0 fully saturated rings. The van der Waals surface area contributed by atoms with Crippen molar-refractivity contribution in [1.82, 2.24) is 15.0 Å². The van der Waals surface area contributed by atoms with E-state index in [1.54, 1.807) is 17.9 Å². The van der Waals surface area contributed by atoms with Gasteiger partial charge in [0.2, 0.25) is 5.91 Å². The average Bonchev–Trinajstić information content (AvgIpc) is 2.83. The van der Waals surface area contributed by atoms with Crippen LogP contribution in [-0.4, -0.2) is 26.7 Å². The third-order valence-corrected chi connectivity index (χ3v) is 3.81. The summed E-state index contributed by atoms with van der Waals surface area (Å²) in [6.07, 6.45) is 1.88. The number of aryl methyl sites for hydroxylation is 1. The van der Waals surface area contributed by atoms with Crippen LogP contribution in [0.4, 0.5) is 5.69 Å². The number of amides is 1. The first kappa shape index (κ1) is 14.6. The summed E-state index contributed by atoms with van der Waals surface area (Å²) in [5.74, 6) is 2.05. The number of carbonyl (C=O) groups excluding carboxylic acids is 1. The van der Waals surface area contributed by atoms with E-state index < -0.39 is 0 Å². The molecule has 0 aliphatic rings. The molecule has 0 spiro atoms. The van der Waals surface area contributed by atoms with E-state index in [9.17, 15) is 4.79 Å². The van der Waals surface area contributed by atoms with Crippen molar-refractivity contribution < 1.29 is 4.79 Å². The summed E-state index contributed by atoms with van der Waals surface area (Å²) < 4.78 is 1.60. The highest BCUT2D eigenvalue weighted by atomic mass is 32.2. The lowest BCUT2D eigenvalue weighted by Gasteiger charge is -2.06. The summed E-state index contributed by atoms with van der Waals surface area (Å²) >= 11 is 1.88. The third-order valence-electron chi connectivity index (χ3n) is 2.86. The molecule has 2 aromatic rings. The molecule has 0 aliphatic heterocycles. The highest BCUT2D eigenvalue weighted by molar-refractivity contribution is 7.98. The largest absolute Gasteiger partial charge is 0.326 e. The zero-order valence-electron chi connectivity index (χ0n) is 11.7. The van der Waals surface area contributed by atoms with Gasteiger partial charge < -0.3 is 5.32 Å². The van der Waals surface area contributed by atoms with E-state index in [1.807, 2.05) is 36.0 Å². The van der Waals surface area contributed by atoms with E-state index in [0.29, 0.717) is 0 Å². The van der Waals surface area contributed by atoms with E-state index in [4.69, 9.17) is 0 Å². The Kier molecular flexibility index (Phi) is 5.17. The number of aromatic nitrogens is 3. The summed E-state index contributed by atoms with van der Waals surface area (Å²) in [7, 11) is 1.77. The molecular formula is C14H18N4OS. The standard InChI is InChI=1S/C14H18N4OS/c1-3-20-10-11-4-6-12(7-5-11)16-14(19)8-13-9-15-17-18(13)2/h4-7,9H,3,8,10H2,1-2H3,(H,16,19). The van der Waals surface area contributed by atoms with Gasteiger partial charge in [-0.1, -0.05) is 24.3 Å². The Morgan fingerprint density at radius 3 is 2.70 bits per heavy atom. The van der Waals surface area contributed by atoms with Crippen molar-refractivity contribution in [2.75, 3.05) is 11.1 Å². The van der Waals surface area contributed by atoms with E-state index in [1.165, 1.54) is 5.56 Å². The lowest BCUT2D eigenvalue weighted by atomic mass is 10.2. The molecule has 1 N–H and O–H groups in total. The predicted molar refractivity (Wildman–Crippen MR) is 81.6 cm³/mol. The molecule has 0 radical (unpaired) electrons. The molecule has 0 unspecified atom stereocenters. The number of carbonyl (C=O) groups is 1. The van der Waals surface area contributed by atoms with Gasteiger partial charge >= 0.3 is 0 Å². The molecule has 0 aliphatic carbocycles. The second-order valence-corrected chi connectivity index (χ2v) is 5.68. The summed E-state index contributed by atoms with van der Waals surface area (Å²) in [5, 5.41) is 10.4. The monoisotopic (exact) mass is 290 g/mol. The van der Waals surface area contributed by atoms with Crippen molar-refractivity contribution in [3.05, 3.63) is 41.7 Å². The topological polar surface area (TPSA) is 59.8 Å². The van der Waals surface area contributed by atoms with Gasteiger partial charge in [-0.25, -0.2) is 0 Å². The van der Waals surface area contributed by atoms with Crippen LogP contribution in [0.3, 0.4) is 0 Å². The Hall–Kier alpha value is -1.82. The van der Waals surface area contributed by atoms with Crippen molar-refractivity contribution in [3.8, 4) is 0 Å². The number of thioether (sulfide) groups is 1. The van der Waals surface area contributed by atoms with Crippen molar-refractivity contribution in [2.45, 2.75) is 19.1 Å². The second kappa shape index (κ2) is 7.09. The van der Waals surface area contributed by atoms with Crippen molar-refractivity contribution >= 4 is 23.4 Å². The molecule has 1 amide bonds. The van der Waals surface area contributed by atoms with Gasteiger partial charge in [-0.3, -0.25) is 9.48 Å². The van der Waals surface area contributed by atoms with Gasteiger partial charge in [0.15, 0.2) is 0 Å². The number of nitrogens with zero attached hydrogens (tertiary/aromatic N) is 3. The molecule has 2 rings (SSSR count). The number of benzene rings is 1. The Morgan fingerprint density at radius 2 is 2.10 bits per heavy atom. The Balaban J connectivity index is 1.89. The molecule has 1 aromatic heterocycles. The van der Waals surface area contributed by atoms with E-state index in [2.05, 4.69) is 22.6 Å². The quantitative estimate of drug-likeness (QED) is 0.886. The Labute approximate surface area is 122 Å². The van der Waals surface area contributed by atoms with Crippen LogP contribution < -0.4 is 5.32 Å². The normalized spacial score (nSPS) is 10.5. The second-order valence-electron chi connectivity index (χ2n) is 4.41. The highest BCUT2D eigenvalue weighted by Crippen LogP contribution is 2.15. The van der Waals surface area contributed by atoms with Crippen LogP contribution in [0.15, 0.2) is 30.5 Å². The molecule has 1 heterocycles. The smallest absolute Gasteiger partial charge is 0.230 e. The number of hydrogen-bond donors (Lipinski definition) is 1. The maximum Gasteiger partial charge on any atom is 0.230 e. The molecule has 1 aromatic carbocycles. The van der Waals surface area contributed by atoms with Gasteiger partial charge in [0.05, 0.1) is 18.3 Å². The van der Waals surface area contributed by atoms with Gasteiger partial charge in [0.1, 0.15) is 0 Å². The predicted octanol–water partition coefficient (Wildman–Crippen LogP) is 2.25. The Bertz CT molecular complexity index is 565. The number of hydrogen-bond acceptors (Lipinski definition) is 4. The van der Waals surface area contributed by atoms with E-state index in [-0.39, 0.29) is 12.3 Å². The van der Waals surface area contributed by atoms with Crippen LogP contribution in [0.2, 0.25) is 0 Å². The summed E-state index contributed by atoms with van der Waals surface area (Å²) in [6.45, 7) is 2.15. The molecule has 0 atom stereocenters. The maximum absolute atomic E-state index is 11.9. The first-order valence-electron chi connectivity index (χ1n) is 6.49. The molecule has 20 heavy (non-hydrogen) atoms. The zero-order valence-corrected chi connectivity index (χ0v) is 12.5. The van der Waals surface area contributed by atoms with E-state index >= 15 is 0 Å². The molecule has 6 heteroatoms. The highest BCUT2D eigenvalue weighted by Gasteiger charge is 2.07. The van der Waals surface area contributed by atoms with Gasteiger partial charge in [0, 0.05) is 18.5 Å². The lowest BCUT2D eigenvalue weighted by molar-refractivity contribution is -0.115. The maximum atomic E-state index is 11.9. The third kappa shape index (κ3) is 4.09. The van der Waals surface area contributed by atoms with Gasteiger partial charge in [0.25, 0.3) is 0 Å². The van der Waals surface area contributed by atoms with Gasteiger partial charge in [-0.15, -0.1) is 5.10 Å². The summed E-state index contributed by atoms with van der Waals surface area (Å²) in [5.41, 5.74) is 2.87. The minimum Gasteiger partial charge on any atom is -0.326 e. The fourth-order valence-corrected chi connectivity index (χ4v) is 2.38. The number of nitrogens with one attached hydrogen (secondary N) is 1. The minimum atomic E-state index is -0.0638. The summed E-state index contributed by atoms with van der Waals surface area (Å²) in [4.78, 5) is 11.9. The van der Waals surface area contributed by atoms with Crippen molar-refractivity contribution in [2.24, 2.45) is 7.05 Å². The first-order chi connectivity index (χ1) is 9.69. The number of rotatable bonds is 6. The van der Waals surface area contributed by atoms with Gasteiger partial charge in [-0.2, -0.15) is 11.8 Å². The fourth-order valence-electron chi connectivity index (χ4n) is 1.74.